The molecule has 0 unspecified atom stereocenters. The van der Waals surface area contributed by atoms with E-state index in [1.54, 1.807) is 61.3 Å². The van der Waals surface area contributed by atoms with Gasteiger partial charge in [-0.3, -0.25) is 4.79 Å². The average Bonchev–Trinajstić information content (AvgIpc) is 3.35. The van der Waals surface area contributed by atoms with E-state index >= 15 is 0 Å². The Bertz CT molecular complexity index is 1150. The van der Waals surface area contributed by atoms with Crippen molar-refractivity contribution in [2.75, 3.05) is 5.32 Å². The SMILES string of the molecule is Cc1nc(Oc2ccc(NC(=O)Cc3c(C)noc3C)cc2)cc(-n2cccn2)n1. The second kappa shape index (κ2) is 8.16. The summed E-state index contributed by atoms with van der Waals surface area (Å²) in [5, 5.41) is 10.9. The van der Waals surface area contributed by atoms with Crippen LogP contribution < -0.4 is 10.1 Å². The van der Waals surface area contributed by atoms with E-state index in [9.17, 15) is 4.79 Å². The van der Waals surface area contributed by atoms with Gasteiger partial charge >= 0.3 is 0 Å². The molecule has 30 heavy (non-hydrogen) atoms. The molecule has 1 N–H and O–H groups in total. The lowest BCUT2D eigenvalue weighted by Crippen LogP contribution is -2.15. The van der Waals surface area contributed by atoms with Crippen molar-refractivity contribution in [3.8, 4) is 17.4 Å². The van der Waals surface area contributed by atoms with Crippen molar-refractivity contribution >= 4 is 11.6 Å². The molecule has 1 aromatic carbocycles. The van der Waals surface area contributed by atoms with E-state index in [-0.39, 0.29) is 12.3 Å². The summed E-state index contributed by atoms with van der Waals surface area (Å²) in [6.07, 6.45) is 3.68. The molecule has 3 aromatic heterocycles. The predicted octanol–water partition coefficient (Wildman–Crippen LogP) is 3.55. The third kappa shape index (κ3) is 4.35. The van der Waals surface area contributed by atoms with E-state index in [4.69, 9.17) is 9.26 Å². The quantitative estimate of drug-likeness (QED) is 0.523. The summed E-state index contributed by atoms with van der Waals surface area (Å²) in [5.41, 5.74) is 2.19. The van der Waals surface area contributed by atoms with Gasteiger partial charge in [0.1, 0.15) is 17.3 Å². The van der Waals surface area contributed by atoms with Gasteiger partial charge in [0.05, 0.1) is 12.1 Å². The van der Waals surface area contributed by atoms with Gasteiger partial charge in [0.2, 0.25) is 11.8 Å². The van der Waals surface area contributed by atoms with E-state index in [1.165, 1.54) is 0 Å². The number of nitrogens with zero attached hydrogens (tertiary/aromatic N) is 5. The second-order valence-electron chi connectivity index (χ2n) is 6.72. The molecule has 0 aliphatic heterocycles. The standard InChI is InChI=1S/C21H20N6O3/c1-13-18(14(2)30-26-13)11-20(28)25-16-5-7-17(8-6-16)29-21-12-19(23-15(3)24-21)27-10-4-9-22-27/h4-10,12H,11H2,1-3H3,(H,25,28). The van der Waals surface area contributed by atoms with E-state index in [1.807, 2.05) is 13.0 Å². The molecule has 9 heteroatoms. The maximum Gasteiger partial charge on any atom is 0.228 e. The van der Waals surface area contributed by atoms with Crippen molar-refractivity contribution in [2.45, 2.75) is 27.2 Å². The average molecular weight is 404 g/mol. The molecule has 0 saturated carbocycles. The van der Waals surface area contributed by atoms with Gasteiger partial charge in [-0.25, -0.2) is 9.67 Å². The Morgan fingerprint density at radius 2 is 1.97 bits per heavy atom. The first-order valence-corrected chi connectivity index (χ1v) is 9.33. The molecule has 0 atom stereocenters. The Balaban J connectivity index is 1.42. The number of rotatable bonds is 6. The fourth-order valence-electron chi connectivity index (χ4n) is 2.95. The minimum atomic E-state index is -0.145. The molecule has 0 radical (unpaired) electrons. The molecular weight excluding hydrogens is 384 g/mol. The molecule has 3 heterocycles. The van der Waals surface area contributed by atoms with Gasteiger partial charge in [0.25, 0.3) is 0 Å². The molecule has 4 rings (SSSR count). The van der Waals surface area contributed by atoms with Crippen LogP contribution in [0.5, 0.6) is 11.6 Å². The molecular formula is C21H20N6O3. The lowest BCUT2D eigenvalue weighted by molar-refractivity contribution is -0.115. The van der Waals surface area contributed by atoms with Crippen LogP contribution in [0, 0.1) is 20.8 Å². The minimum absolute atomic E-state index is 0.145. The van der Waals surface area contributed by atoms with E-state index in [0.29, 0.717) is 34.7 Å². The Morgan fingerprint density at radius 1 is 1.17 bits per heavy atom. The number of amides is 1. The van der Waals surface area contributed by atoms with Crippen molar-refractivity contribution in [3.63, 3.8) is 0 Å². The fraction of sp³-hybridized carbons (Fsp3) is 0.190. The Kier molecular flexibility index (Phi) is 5.25. The molecule has 0 spiro atoms. The zero-order valence-electron chi connectivity index (χ0n) is 16.8. The van der Waals surface area contributed by atoms with Crippen LogP contribution in [0.25, 0.3) is 5.82 Å². The molecule has 0 bridgehead atoms. The number of nitrogens with one attached hydrogen (secondary N) is 1. The normalized spacial score (nSPS) is 10.8. The highest BCUT2D eigenvalue weighted by molar-refractivity contribution is 5.92. The molecule has 9 nitrogen and oxygen atoms in total. The highest BCUT2D eigenvalue weighted by Crippen LogP contribution is 2.23. The lowest BCUT2D eigenvalue weighted by Gasteiger charge is -2.09. The number of carbonyl (C=O) groups is 1. The summed E-state index contributed by atoms with van der Waals surface area (Å²) in [7, 11) is 0. The number of anilines is 1. The highest BCUT2D eigenvalue weighted by atomic mass is 16.5. The van der Waals surface area contributed by atoms with Gasteiger partial charge < -0.3 is 14.6 Å². The highest BCUT2D eigenvalue weighted by Gasteiger charge is 2.13. The summed E-state index contributed by atoms with van der Waals surface area (Å²) in [6.45, 7) is 5.40. The van der Waals surface area contributed by atoms with Crippen molar-refractivity contribution in [3.05, 3.63) is 71.6 Å². The molecule has 0 aliphatic carbocycles. The number of benzene rings is 1. The van der Waals surface area contributed by atoms with E-state index < -0.39 is 0 Å². The Labute approximate surface area is 172 Å². The van der Waals surface area contributed by atoms with Gasteiger partial charge in [-0.2, -0.15) is 10.1 Å². The van der Waals surface area contributed by atoms with Gasteiger partial charge in [0.15, 0.2) is 5.82 Å². The van der Waals surface area contributed by atoms with Crippen molar-refractivity contribution in [2.24, 2.45) is 0 Å². The lowest BCUT2D eigenvalue weighted by atomic mass is 10.1. The van der Waals surface area contributed by atoms with Gasteiger partial charge in [-0.1, -0.05) is 5.16 Å². The Morgan fingerprint density at radius 3 is 2.63 bits per heavy atom. The van der Waals surface area contributed by atoms with Crippen LogP contribution >= 0.6 is 0 Å². The number of aromatic nitrogens is 5. The van der Waals surface area contributed by atoms with Crippen LogP contribution in [0.4, 0.5) is 5.69 Å². The zero-order chi connectivity index (χ0) is 21.1. The Hall–Kier alpha value is -4.01. The number of hydrogen-bond acceptors (Lipinski definition) is 7. The summed E-state index contributed by atoms with van der Waals surface area (Å²) >= 11 is 0. The molecule has 4 aromatic rings. The zero-order valence-corrected chi connectivity index (χ0v) is 16.8. The van der Waals surface area contributed by atoms with Crippen LogP contribution in [-0.4, -0.2) is 30.8 Å². The molecule has 152 valence electrons. The van der Waals surface area contributed by atoms with Crippen molar-refractivity contribution in [1.29, 1.82) is 0 Å². The van der Waals surface area contributed by atoms with Crippen LogP contribution in [-0.2, 0) is 11.2 Å². The summed E-state index contributed by atoms with van der Waals surface area (Å²) in [4.78, 5) is 21.0. The van der Waals surface area contributed by atoms with Crippen molar-refractivity contribution < 1.29 is 14.1 Å². The third-order valence-electron chi connectivity index (χ3n) is 4.42. The minimum Gasteiger partial charge on any atom is -0.439 e. The largest absolute Gasteiger partial charge is 0.439 e. The maximum absolute atomic E-state index is 12.3. The molecule has 0 saturated heterocycles. The first kappa shape index (κ1) is 19.3. The molecule has 1 amide bonds. The smallest absolute Gasteiger partial charge is 0.228 e. The fourth-order valence-corrected chi connectivity index (χ4v) is 2.95. The number of hydrogen-bond donors (Lipinski definition) is 1. The van der Waals surface area contributed by atoms with Gasteiger partial charge in [-0.15, -0.1) is 0 Å². The van der Waals surface area contributed by atoms with Gasteiger partial charge in [-0.05, 0) is 51.1 Å². The molecule has 0 fully saturated rings. The first-order chi connectivity index (χ1) is 14.5. The number of ether oxygens (including phenoxy) is 1. The monoisotopic (exact) mass is 404 g/mol. The topological polar surface area (TPSA) is 108 Å². The first-order valence-electron chi connectivity index (χ1n) is 9.33. The second-order valence-corrected chi connectivity index (χ2v) is 6.72. The maximum atomic E-state index is 12.3. The van der Waals surface area contributed by atoms with Crippen LogP contribution in [0.15, 0.2) is 53.3 Å². The molecule has 0 aliphatic rings. The predicted molar refractivity (Wildman–Crippen MR) is 109 cm³/mol. The van der Waals surface area contributed by atoms with Crippen molar-refractivity contribution in [1.82, 2.24) is 24.9 Å². The third-order valence-corrected chi connectivity index (χ3v) is 4.42. The van der Waals surface area contributed by atoms with Crippen LogP contribution in [0.1, 0.15) is 22.8 Å². The summed E-state index contributed by atoms with van der Waals surface area (Å²) in [5.74, 6) is 2.69. The number of aryl methyl sites for hydroxylation is 3. The van der Waals surface area contributed by atoms with E-state index in [2.05, 4.69) is 25.5 Å². The number of carbonyl (C=O) groups excluding carboxylic acids is 1. The summed E-state index contributed by atoms with van der Waals surface area (Å²) < 4.78 is 12.6. The van der Waals surface area contributed by atoms with Crippen LogP contribution in [0.3, 0.4) is 0 Å². The van der Waals surface area contributed by atoms with Gasteiger partial charge in [0, 0.05) is 29.7 Å². The van der Waals surface area contributed by atoms with E-state index in [0.717, 1.165) is 11.3 Å². The van der Waals surface area contributed by atoms with Crippen LogP contribution in [0.2, 0.25) is 0 Å². The summed E-state index contributed by atoms with van der Waals surface area (Å²) in [6, 6.07) is 10.6.